The van der Waals surface area contributed by atoms with Crippen LogP contribution in [0.25, 0.3) is 0 Å². The van der Waals surface area contributed by atoms with E-state index in [9.17, 15) is 8.94 Å². The Hall–Kier alpha value is 0.230. The summed E-state index contributed by atoms with van der Waals surface area (Å²) in [7, 11) is 3.58. The van der Waals surface area contributed by atoms with Crippen LogP contribution in [0.2, 0.25) is 0 Å². The quantitative estimate of drug-likeness (QED) is 0.710. The van der Waals surface area contributed by atoms with Crippen molar-refractivity contribution < 1.29 is 8.94 Å². The number of benzene rings is 1. The Morgan fingerprint density at radius 1 is 1.55 bits per heavy atom. The van der Waals surface area contributed by atoms with Gasteiger partial charge >= 0.3 is 0 Å². The van der Waals surface area contributed by atoms with Crippen molar-refractivity contribution in [1.82, 2.24) is 0 Å². The molecule has 0 radical (unpaired) electrons. The van der Waals surface area contributed by atoms with Gasteiger partial charge in [-0.3, -0.25) is 0 Å². The summed E-state index contributed by atoms with van der Waals surface area (Å²) in [5.41, 5.74) is 0. The van der Waals surface area contributed by atoms with Crippen molar-refractivity contribution in [1.29, 1.82) is 0 Å². The molecule has 5 heteroatoms. The normalized spacial score (nSPS) is 13.1. The third-order valence-electron chi connectivity index (χ3n) is 1.08. The van der Waals surface area contributed by atoms with Crippen LogP contribution in [0, 0.1) is 5.82 Å². The predicted octanol–water partition coefficient (Wildman–Crippen LogP) is 2.85. The predicted molar refractivity (Wildman–Crippen MR) is 46.4 cm³/mol. The SMILES string of the molecule is [O-][S+](Cl)c1ccc(Br)c(F)c1. The van der Waals surface area contributed by atoms with E-state index in [1.165, 1.54) is 12.1 Å². The van der Waals surface area contributed by atoms with Crippen molar-refractivity contribution in [3.8, 4) is 0 Å². The van der Waals surface area contributed by atoms with E-state index >= 15 is 0 Å². The number of hydrogen-bond acceptors (Lipinski definition) is 1. The topological polar surface area (TPSA) is 23.1 Å². The van der Waals surface area contributed by atoms with Gasteiger partial charge in [0.2, 0.25) is 0 Å². The zero-order valence-electron chi connectivity index (χ0n) is 5.18. The van der Waals surface area contributed by atoms with Crippen LogP contribution in [0.15, 0.2) is 27.6 Å². The molecule has 0 saturated heterocycles. The number of hydrogen-bond donors (Lipinski definition) is 0. The van der Waals surface area contributed by atoms with E-state index in [0.717, 1.165) is 6.07 Å². The summed E-state index contributed by atoms with van der Waals surface area (Å²) in [6, 6.07) is 4.09. The van der Waals surface area contributed by atoms with Gasteiger partial charge < -0.3 is 4.55 Å². The van der Waals surface area contributed by atoms with E-state index in [4.69, 9.17) is 10.7 Å². The summed E-state index contributed by atoms with van der Waals surface area (Å²) in [5.74, 6) is -0.462. The minimum atomic E-state index is -1.64. The van der Waals surface area contributed by atoms with Crippen molar-refractivity contribution in [2.75, 3.05) is 0 Å². The largest absolute Gasteiger partial charge is 0.594 e. The molecule has 1 unspecified atom stereocenters. The highest BCUT2D eigenvalue weighted by atomic mass is 79.9. The highest BCUT2D eigenvalue weighted by molar-refractivity contribution is 9.10. The van der Waals surface area contributed by atoms with Crippen molar-refractivity contribution in [2.24, 2.45) is 0 Å². The Labute approximate surface area is 79.4 Å². The molecule has 1 atom stereocenters. The molecule has 60 valence electrons. The fourth-order valence-electron chi connectivity index (χ4n) is 0.577. The van der Waals surface area contributed by atoms with Gasteiger partial charge in [-0.15, -0.1) is 0 Å². The van der Waals surface area contributed by atoms with Gasteiger partial charge in [0.15, 0.2) is 15.6 Å². The fourth-order valence-corrected chi connectivity index (χ4v) is 1.48. The van der Waals surface area contributed by atoms with Crippen molar-refractivity contribution in [2.45, 2.75) is 4.90 Å². The van der Waals surface area contributed by atoms with Crippen molar-refractivity contribution in [3.05, 3.63) is 28.5 Å². The number of halogens is 3. The molecule has 1 aromatic rings. The molecule has 0 fully saturated rings. The van der Waals surface area contributed by atoms with Crippen molar-refractivity contribution >= 4 is 37.0 Å². The van der Waals surface area contributed by atoms with Gasteiger partial charge in [-0.25, -0.2) is 4.39 Å². The zero-order chi connectivity index (χ0) is 8.43. The average Bonchev–Trinajstić information content (AvgIpc) is 1.94. The van der Waals surface area contributed by atoms with E-state index in [1.807, 2.05) is 0 Å². The van der Waals surface area contributed by atoms with Crippen LogP contribution in [0.5, 0.6) is 0 Å². The molecule has 0 aliphatic carbocycles. The summed E-state index contributed by atoms with van der Waals surface area (Å²) >= 11 is 2.96. The van der Waals surface area contributed by atoms with Gasteiger partial charge in [0.1, 0.15) is 16.2 Å². The maximum atomic E-state index is 12.7. The molecule has 0 heterocycles. The first-order valence-corrected chi connectivity index (χ1v) is 5.41. The minimum Gasteiger partial charge on any atom is -0.594 e. The lowest BCUT2D eigenvalue weighted by Crippen LogP contribution is -1.91. The summed E-state index contributed by atoms with van der Waals surface area (Å²) in [4.78, 5) is 0.271. The molecule has 0 saturated carbocycles. The van der Waals surface area contributed by atoms with Gasteiger partial charge in [0.25, 0.3) is 0 Å². The molecule has 0 aliphatic rings. The minimum absolute atomic E-state index is 0.271. The molecule has 1 aromatic carbocycles. The molecular weight excluding hydrogens is 254 g/mol. The van der Waals surface area contributed by atoms with E-state index < -0.39 is 16.2 Å². The molecule has 0 aromatic heterocycles. The third kappa shape index (κ3) is 2.33. The van der Waals surface area contributed by atoms with Crippen LogP contribution in [0.1, 0.15) is 0 Å². The van der Waals surface area contributed by atoms with Gasteiger partial charge in [-0.1, -0.05) is 0 Å². The average molecular weight is 258 g/mol. The lowest BCUT2D eigenvalue weighted by Gasteiger charge is -1.99. The van der Waals surface area contributed by atoms with Crippen LogP contribution in [0.4, 0.5) is 4.39 Å². The molecule has 1 nitrogen and oxygen atoms in total. The summed E-state index contributed by atoms with van der Waals surface area (Å²) in [6.45, 7) is 0. The maximum absolute atomic E-state index is 12.7. The van der Waals surface area contributed by atoms with E-state index in [2.05, 4.69) is 15.9 Å². The first-order valence-electron chi connectivity index (χ1n) is 2.64. The fraction of sp³-hybridized carbons (Fsp3) is 0. The molecule has 0 bridgehead atoms. The van der Waals surface area contributed by atoms with Gasteiger partial charge in [-0.2, -0.15) is 0 Å². The standard InChI is InChI=1S/C6H3BrClFOS/c7-5-2-1-4(11(8)10)3-6(5)9/h1-3H. The van der Waals surface area contributed by atoms with E-state index in [1.54, 1.807) is 0 Å². The Morgan fingerprint density at radius 2 is 2.18 bits per heavy atom. The molecule has 0 aliphatic heterocycles. The lowest BCUT2D eigenvalue weighted by atomic mass is 10.3. The van der Waals surface area contributed by atoms with Crippen LogP contribution in [0.3, 0.4) is 0 Å². The second-order valence-electron chi connectivity index (χ2n) is 1.80. The lowest BCUT2D eigenvalue weighted by molar-refractivity contribution is 0.599. The van der Waals surface area contributed by atoms with Crippen LogP contribution < -0.4 is 0 Å². The molecular formula is C6H3BrClFOS. The molecule has 0 N–H and O–H groups in total. The van der Waals surface area contributed by atoms with Crippen LogP contribution >= 0.6 is 26.6 Å². The summed E-state index contributed by atoms with van der Waals surface area (Å²) < 4.78 is 23.6. The second kappa shape index (κ2) is 3.76. The third-order valence-corrected chi connectivity index (χ3v) is 2.88. The molecule has 11 heavy (non-hydrogen) atoms. The Kier molecular flexibility index (Phi) is 3.18. The maximum Gasteiger partial charge on any atom is 0.181 e. The smallest absolute Gasteiger partial charge is 0.181 e. The molecule has 0 spiro atoms. The second-order valence-corrected chi connectivity index (χ2v) is 4.41. The molecule has 0 amide bonds. The molecule has 1 rings (SSSR count). The van der Waals surface area contributed by atoms with Crippen LogP contribution in [-0.4, -0.2) is 4.55 Å². The summed E-state index contributed by atoms with van der Waals surface area (Å²) in [6.07, 6.45) is 0. The Morgan fingerprint density at radius 3 is 2.64 bits per heavy atom. The Balaban J connectivity index is 3.05. The monoisotopic (exact) mass is 256 g/mol. The number of rotatable bonds is 1. The van der Waals surface area contributed by atoms with Gasteiger partial charge in [0, 0.05) is 6.07 Å². The van der Waals surface area contributed by atoms with Gasteiger partial charge in [0.05, 0.1) is 4.47 Å². The highest BCUT2D eigenvalue weighted by Gasteiger charge is 2.10. The van der Waals surface area contributed by atoms with Gasteiger partial charge in [-0.05, 0) is 28.1 Å². The summed E-state index contributed by atoms with van der Waals surface area (Å²) in [5, 5.41) is 0. The van der Waals surface area contributed by atoms with E-state index in [0.29, 0.717) is 4.47 Å². The Bertz CT molecular complexity index is 269. The van der Waals surface area contributed by atoms with Crippen LogP contribution in [-0.2, 0) is 10.4 Å². The first kappa shape index (κ1) is 9.32. The van der Waals surface area contributed by atoms with Crippen molar-refractivity contribution in [3.63, 3.8) is 0 Å². The van der Waals surface area contributed by atoms with E-state index in [-0.39, 0.29) is 4.90 Å². The zero-order valence-corrected chi connectivity index (χ0v) is 8.34. The highest BCUT2D eigenvalue weighted by Crippen LogP contribution is 2.21. The first-order chi connectivity index (χ1) is 5.11.